The van der Waals surface area contributed by atoms with Crippen LogP contribution in [-0.4, -0.2) is 75.1 Å². The fourth-order valence-corrected chi connectivity index (χ4v) is 5.90. The molecule has 3 heterocycles. The van der Waals surface area contributed by atoms with Crippen LogP contribution in [0.2, 0.25) is 5.02 Å². The minimum absolute atomic E-state index is 0.0112. The van der Waals surface area contributed by atoms with Crippen molar-refractivity contribution >= 4 is 45.9 Å². The summed E-state index contributed by atoms with van der Waals surface area (Å²) < 4.78 is 48.5. The molecule has 0 spiro atoms. The second kappa shape index (κ2) is 19.9. The third-order valence-electron chi connectivity index (χ3n) is 8.70. The number of rotatable bonds is 20. The summed E-state index contributed by atoms with van der Waals surface area (Å²) in [4.78, 5) is 38.9. The third kappa shape index (κ3) is 10.6. The molecule has 0 aliphatic rings. The van der Waals surface area contributed by atoms with Gasteiger partial charge in [0.25, 0.3) is 0 Å². The van der Waals surface area contributed by atoms with Gasteiger partial charge in [0.15, 0.2) is 17.4 Å². The zero-order valence-electron chi connectivity index (χ0n) is 31.4. The number of ether oxygens (including phenoxy) is 3. The van der Waals surface area contributed by atoms with Crippen LogP contribution < -0.4 is 31.6 Å². The number of hydrogen-bond acceptors (Lipinski definition) is 12. The van der Waals surface area contributed by atoms with Crippen molar-refractivity contribution in [3.63, 3.8) is 0 Å². The van der Waals surface area contributed by atoms with Crippen molar-refractivity contribution in [3.05, 3.63) is 83.3 Å². The highest BCUT2D eigenvalue weighted by molar-refractivity contribution is 6.33. The topological polar surface area (TPSA) is 194 Å². The molecule has 0 saturated carbocycles. The first-order valence-electron chi connectivity index (χ1n) is 18.4. The summed E-state index contributed by atoms with van der Waals surface area (Å²) in [5, 5.41) is 11.6. The molecule has 0 bridgehead atoms. The van der Waals surface area contributed by atoms with Gasteiger partial charge in [-0.3, -0.25) is 14.5 Å². The molecule has 6 N–H and O–H groups in total. The summed E-state index contributed by atoms with van der Waals surface area (Å²) in [5.41, 5.74) is 12.8. The van der Waals surface area contributed by atoms with Crippen molar-refractivity contribution in [2.45, 2.75) is 65.1 Å². The molecule has 0 radical (unpaired) electrons. The van der Waals surface area contributed by atoms with Crippen LogP contribution >= 0.6 is 11.6 Å². The number of carbonyl (C=O) groups is 2. The van der Waals surface area contributed by atoms with E-state index in [1.54, 1.807) is 45.2 Å². The maximum absolute atomic E-state index is 15.1. The predicted molar refractivity (Wildman–Crippen MR) is 209 cm³/mol. The number of nitrogens with one attached hydrogen (secondary N) is 2. The van der Waals surface area contributed by atoms with E-state index in [1.165, 1.54) is 17.1 Å². The number of pyridine rings is 1. The van der Waals surface area contributed by atoms with Crippen LogP contribution in [0.5, 0.6) is 11.5 Å². The van der Waals surface area contributed by atoms with Gasteiger partial charge in [0.1, 0.15) is 29.1 Å². The molecule has 2 aromatic carbocycles. The first kappa shape index (κ1) is 41.7. The fraction of sp³-hybridized carbons (Fsp3) is 0.385. The van der Waals surface area contributed by atoms with Gasteiger partial charge in [-0.1, -0.05) is 50.1 Å². The summed E-state index contributed by atoms with van der Waals surface area (Å²) in [5.74, 6) is -1.96. The lowest BCUT2D eigenvalue weighted by atomic mass is 10.0. The molecule has 0 saturated heterocycles. The predicted octanol–water partition coefficient (Wildman–Crippen LogP) is 5.92. The van der Waals surface area contributed by atoms with Crippen molar-refractivity contribution in [3.8, 4) is 23.0 Å². The van der Waals surface area contributed by atoms with Crippen LogP contribution in [0.25, 0.3) is 22.4 Å². The number of hydrogen-bond donors (Lipinski definition) is 4. The van der Waals surface area contributed by atoms with Gasteiger partial charge in [-0.25, -0.2) is 23.5 Å². The number of carbonyl (C=O) groups excluding carboxylic acids is 2. The Morgan fingerprint density at radius 2 is 1.79 bits per heavy atom. The van der Waals surface area contributed by atoms with Gasteiger partial charge in [0.2, 0.25) is 5.91 Å². The van der Waals surface area contributed by atoms with Crippen molar-refractivity contribution in [2.24, 2.45) is 17.4 Å². The maximum atomic E-state index is 15.1. The molecule has 5 rings (SSSR count). The molecule has 298 valence electrons. The molecule has 0 aliphatic heterocycles. The number of nitrogens with zero attached hydrogens (tertiary/aromatic N) is 5. The SMILES string of the molecule is CCOc1cc(F)c(Cn2nc(-c3ncc(OCCCOC(=O)[C@@H](NC(=O)[C@@H](N)CCCCN)C(C)C)c(Nc4ccncc4Cl)n3)c3ccccc32)c(F)c1. The summed E-state index contributed by atoms with van der Waals surface area (Å²) >= 11 is 6.41. The Labute approximate surface area is 328 Å². The molecule has 0 unspecified atom stereocenters. The first-order chi connectivity index (χ1) is 27.0. The number of aromatic nitrogens is 5. The largest absolute Gasteiger partial charge is 0.494 e. The van der Waals surface area contributed by atoms with Gasteiger partial charge >= 0.3 is 5.97 Å². The lowest BCUT2D eigenvalue weighted by molar-refractivity contribution is -0.149. The monoisotopic (exact) mass is 793 g/mol. The van der Waals surface area contributed by atoms with E-state index >= 15 is 8.78 Å². The zero-order chi connectivity index (χ0) is 40.2. The third-order valence-corrected chi connectivity index (χ3v) is 9.00. The van der Waals surface area contributed by atoms with Gasteiger partial charge in [0, 0.05) is 41.9 Å². The van der Waals surface area contributed by atoms with Crippen LogP contribution in [-0.2, 0) is 20.9 Å². The second-order valence-corrected chi connectivity index (χ2v) is 13.6. The van der Waals surface area contributed by atoms with E-state index in [0.717, 1.165) is 18.6 Å². The summed E-state index contributed by atoms with van der Waals surface area (Å²) in [6.07, 6.45) is 6.72. The number of amides is 1. The molecular formula is C39H46ClF2N9O5. The number of fused-ring (bicyclic) bond motifs is 1. The lowest BCUT2D eigenvalue weighted by Gasteiger charge is -2.22. The number of para-hydroxylation sites is 1. The molecule has 56 heavy (non-hydrogen) atoms. The molecule has 3 aromatic heterocycles. The van der Waals surface area contributed by atoms with Crippen LogP contribution in [0.4, 0.5) is 20.3 Å². The smallest absolute Gasteiger partial charge is 0.328 e. The highest BCUT2D eigenvalue weighted by atomic mass is 35.5. The van der Waals surface area contributed by atoms with Crippen molar-refractivity contribution in [2.75, 3.05) is 31.7 Å². The van der Waals surface area contributed by atoms with Crippen LogP contribution in [0.3, 0.4) is 0 Å². The summed E-state index contributed by atoms with van der Waals surface area (Å²) in [7, 11) is 0. The lowest BCUT2D eigenvalue weighted by Crippen LogP contribution is -2.51. The molecule has 0 aliphatic carbocycles. The summed E-state index contributed by atoms with van der Waals surface area (Å²) in [6.45, 7) is 6.03. The maximum Gasteiger partial charge on any atom is 0.328 e. The van der Waals surface area contributed by atoms with Crippen LogP contribution in [0.15, 0.2) is 61.1 Å². The van der Waals surface area contributed by atoms with Gasteiger partial charge in [0.05, 0.1) is 54.8 Å². The molecule has 1 amide bonds. The Bertz CT molecular complexity index is 2100. The van der Waals surface area contributed by atoms with E-state index in [0.29, 0.717) is 53.1 Å². The number of nitrogens with two attached hydrogens (primary N) is 2. The molecular weight excluding hydrogens is 748 g/mol. The quantitative estimate of drug-likeness (QED) is 0.0538. The zero-order valence-corrected chi connectivity index (χ0v) is 32.2. The Kier molecular flexibility index (Phi) is 14.8. The van der Waals surface area contributed by atoms with E-state index in [1.807, 2.05) is 12.1 Å². The average Bonchev–Trinajstić information content (AvgIpc) is 3.54. The van der Waals surface area contributed by atoms with Crippen molar-refractivity contribution < 1.29 is 32.6 Å². The standard InChI is InChI=1S/C39H46ClF2N9O5/c1-4-54-24-18-28(41)26(29(42)19-24)22-51-32-12-6-5-10-25(32)35(50-51)37-46-21-33(36(49-37)47-31-13-15-45-20-27(31)40)55-16-9-17-56-39(53)34(23(2)3)48-38(52)30(44)11-7-8-14-43/h5-6,10,12-13,15,18-21,23,30,34H,4,7-9,11,14,16-17,22,43-44H2,1-3H3,(H,48,52)(H,45,46,47,49)/t30-,34-/m0/s1. The molecule has 5 aromatic rings. The normalized spacial score (nSPS) is 12.4. The van der Waals surface area contributed by atoms with Crippen LogP contribution in [0.1, 0.15) is 52.0 Å². The Morgan fingerprint density at radius 3 is 2.50 bits per heavy atom. The minimum Gasteiger partial charge on any atom is -0.494 e. The van der Waals surface area contributed by atoms with Crippen LogP contribution in [0, 0.1) is 17.6 Å². The molecule has 2 atom stereocenters. The number of anilines is 2. The Balaban J connectivity index is 1.32. The fourth-order valence-electron chi connectivity index (χ4n) is 5.73. The van der Waals surface area contributed by atoms with Gasteiger partial charge in [-0.05, 0) is 44.4 Å². The Hall–Kier alpha value is -5.45. The van der Waals surface area contributed by atoms with E-state index in [-0.39, 0.29) is 61.0 Å². The number of benzene rings is 2. The number of esters is 1. The molecule has 14 nitrogen and oxygen atoms in total. The van der Waals surface area contributed by atoms with E-state index in [4.69, 9.17) is 47.4 Å². The number of unbranched alkanes of at least 4 members (excludes halogenated alkanes) is 1. The van der Waals surface area contributed by atoms with E-state index < -0.39 is 35.6 Å². The van der Waals surface area contributed by atoms with E-state index in [2.05, 4.69) is 20.6 Å². The average molecular weight is 794 g/mol. The second-order valence-electron chi connectivity index (χ2n) is 13.2. The minimum atomic E-state index is -0.871. The molecule has 0 fully saturated rings. The van der Waals surface area contributed by atoms with E-state index in [9.17, 15) is 9.59 Å². The number of halogens is 3. The highest BCUT2D eigenvalue weighted by Gasteiger charge is 2.28. The van der Waals surface area contributed by atoms with Crippen molar-refractivity contribution in [1.82, 2.24) is 30.0 Å². The van der Waals surface area contributed by atoms with Gasteiger partial charge < -0.3 is 36.3 Å². The first-order valence-corrected chi connectivity index (χ1v) is 18.7. The van der Waals surface area contributed by atoms with Gasteiger partial charge in [-0.15, -0.1) is 0 Å². The summed E-state index contributed by atoms with van der Waals surface area (Å²) in [6, 6.07) is 9.54. The van der Waals surface area contributed by atoms with Gasteiger partial charge in [-0.2, -0.15) is 5.10 Å². The van der Waals surface area contributed by atoms with Crippen molar-refractivity contribution in [1.29, 1.82) is 0 Å². The molecule has 17 heteroatoms. The highest BCUT2D eigenvalue weighted by Crippen LogP contribution is 2.33. The Morgan fingerprint density at radius 1 is 1.02 bits per heavy atom.